The second-order valence-corrected chi connectivity index (χ2v) is 6.59. The molecule has 1 N–H and O–H groups in total. The van der Waals surface area contributed by atoms with Gasteiger partial charge in [-0.05, 0) is 42.9 Å². The fourth-order valence-corrected chi connectivity index (χ4v) is 3.22. The van der Waals surface area contributed by atoms with Crippen molar-refractivity contribution in [3.05, 3.63) is 59.1 Å². The Kier molecular flexibility index (Phi) is 6.14. The van der Waals surface area contributed by atoms with Crippen LogP contribution >= 0.6 is 11.6 Å². The molecule has 0 aliphatic carbocycles. The van der Waals surface area contributed by atoms with Gasteiger partial charge in [-0.25, -0.2) is 0 Å². The molecule has 0 saturated heterocycles. The first-order valence-corrected chi connectivity index (χ1v) is 9.29. The second kappa shape index (κ2) is 8.52. The number of nitrogens with zero attached hydrogens (tertiary/aromatic N) is 1. The lowest BCUT2D eigenvalue weighted by atomic mass is 10.0. The maximum absolute atomic E-state index is 6.24. The predicted molar refractivity (Wildman–Crippen MR) is 106 cm³/mol. The van der Waals surface area contributed by atoms with Gasteiger partial charge < -0.3 is 14.6 Å². The summed E-state index contributed by atoms with van der Waals surface area (Å²) in [5.74, 6) is 0.865. The number of halogens is 1. The van der Waals surface area contributed by atoms with E-state index in [0.29, 0.717) is 0 Å². The maximum atomic E-state index is 6.24. The number of rotatable bonds is 8. The van der Waals surface area contributed by atoms with Crippen molar-refractivity contribution >= 4 is 22.6 Å². The summed E-state index contributed by atoms with van der Waals surface area (Å²) in [4.78, 5) is 2.41. The van der Waals surface area contributed by atoms with Gasteiger partial charge in [-0.15, -0.1) is 0 Å². The molecule has 0 radical (unpaired) electrons. The molecule has 4 heteroatoms. The molecule has 0 aliphatic rings. The molecule has 3 rings (SSSR count). The van der Waals surface area contributed by atoms with Crippen LogP contribution in [0.15, 0.2) is 52.9 Å². The van der Waals surface area contributed by atoms with E-state index in [1.807, 2.05) is 30.3 Å². The summed E-state index contributed by atoms with van der Waals surface area (Å²) in [7, 11) is 0. The second-order valence-electron chi connectivity index (χ2n) is 6.15. The first kappa shape index (κ1) is 18.0. The molecule has 1 aromatic heterocycles. The Hall–Kier alpha value is -1.81. The number of fused-ring (bicyclic) bond motifs is 1. The zero-order chi connectivity index (χ0) is 17.6. The number of hydrogen-bond acceptors (Lipinski definition) is 3. The SMILES string of the molecule is CCN(CC)CCNCc1ccc(Cl)cc1-c1cc2ccccc2o1. The van der Waals surface area contributed by atoms with Crippen molar-refractivity contribution in [3.8, 4) is 11.3 Å². The molecule has 132 valence electrons. The number of nitrogens with one attached hydrogen (secondary N) is 1. The van der Waals surface area contributed by atoms with E-state index in [-0.39, 0.29) is 0 Å². The fourth-order valence-electron chi connectivity index (χ4n) is 3.05. The number of para-hydroxylation sites is 1. The Morgan fingerprint density at radius 2 is 1.84 bits per heavy atom. The molecule has 1 heterocycles. The summed E-state index contributed by atoms with van der Waals surface area (Å²) >= 11 is 6.24. The van der Waals surface area contributed by atoms with Crippen LogP contribution in [0.2, 0.25) is 5.02 Å². The third-order valence-corrected chi connectivity index (χ3v) is 4.81. The molecule has 0 saturated carbocycles. The smallest absolute Gasteiger partial charge is 0.135 e. The highest BCUT2D eigenvalue weighted by Gasteiger charge is 2.11. The van der Waals surface area contributed by atoms with Crippen LogP contribution in [0, 0.1) is 0 Å². The van der Waals surface area contributed by atoms with Crippen LogP contribution in [0.5, 0.6) is 0 Å². The first-order valence-electron chi connectivity index (χ1n) is 8.91. The monoisotopic (exact) mass is 356 g/mol. The van der Waals surface area contributed by atoms with Gasteiger partial charge in [0.15, 0.2) is 0 Å². The highest BCUT2D eigenvalue weighted by Crippen LogP contribution is 2.32. The van der Waals surface area contributed by atoms with Crippen molar-refractivity contribution in [1.82, 2.24) is 10.2 Å². The lowest BCUT2D eigenvalue weighted by Crippen LogP contribution is -2.31. The molecule has 3 aromatic rings. The highest BCUT2D eigenvalue weighted by molar-refractivity contribution is 6.30. The van der Waals surface area contributed by atoms with E-state index in [4.69, 9.17) is 16.0 Å². The lowest BCUT2D eigenvalue weighted by molar-refractivity contribution is 0.302. The first-order chi connectivity index (χ1) is 12.2. The molecule has 0 spiro atoms. The quantitative estimate of drug-likeness (QED) is 0.563. The lowest BCUT2D eigenvalue weighted by Gasteiger charge is -2.18. The van der Waals surface area contributed by atoms with Gasteiger partial charge in [-0.2, -0.15) is 0 Å². The van der Waals surface area contributed by atoms with E-state index in [9.17, 15) is 0 Å². The number of likely N-dealkylation sites (N-methyl/N-ethyl adjacent to an activating group) is 1. The Morgan fingerprint density at radius 3 is 2.60 bits per heavy atom. The van der Waals surface area contributed by atoms with Gasteiger partial charge in [0.1, 0.15) is 11.3 Å². The van der Waals surface area contributed by atoms with E-state index < -0.39 is 0 Å². The van der Waals surface area contributed by atoms with Gasteiger partial charge in [0, 0.05) is 35.6 Å². The standard InChI is InChI=1S/C21H25ClN2O/c1-3-24(4-2)12-11-23-15-17-9-10-18(22)14-19(17)21-13-16-7-5-6-8-20(16)25-21/h5-10,13-14,23H,3-4,11-12,15H2,1-2H3. The number of furan rings is 1. The van der Waals surface area contributed by atoms with E-state index in [2.05, 4.69) is 42.3 Å². The summed E-state index contributed by atoms with van der Waals surface area (Å²) < 4.78 is 6.03. The van der Waals surface area contributed by atoms with Crippen LogP contribution in [0.3, 0.4) is 0 Å². The van der Waals surface area contributed by atoms with E-state index in [1.54, 1.807) is 0 Å². The van der Waals surface area contributed by atoms with E-state index >= 15 is 0 Å². The van der Waals surface area contributed by atoms with Gasteiger partial charge in [-0.1, -0.05) is 49.7 Å². The molecule has 0 unspecified atom stereocenters. The van der Waals surface area contributed by atoms with Crippen molar-refractivity contribution in [2.45, 2.75) is 20.4 Å². The van der Waals surface area contributed by atoms with Gasteiger partial charge in [0.05, 0.1) is 0 Å². The number of benzene rings is 2. The molecular weight excluding hydrogens is 332 g/mol. The summed E-state index contributed by atoms with van der Waals surface area (Å²) in [6, 6.07) is 16.2. The molecule has 2 aromatic carbocycles. The molecule has 0 aliphatic heterocycles. The van der Waals surface area contributed by atoms with Crippen molar-refractivity contribution in [1.29, 1.82) is 0 Å². The van der Waals surface area contributed by atoms with Crippen molar-refractivity contribution in [2.75, 3.05) is 26.2 Å². The van der Waals surface area contributed by atoms with Crippen LogP contribution in [0.25, 0.3) is 22.3 Å². The largest absolute Gasteiger partial charge is 0.456 e. The van der Waals surface area contributed by atoms with Crippen LogP contribution in [-0.2, 0) is 6.54 Å². The third kappa shape index (κ3) is 4.43. The van der Waals surface area contributed by atoms with Crippen LogP contribution in [0.4, 0.5) is 0 Å². The van der Waals surface area contributed by atoms with Crippen molar-refractivity contribution < 1.29 is 4.42 Å². The molecule has 0 atom stereocenters. The third-order valence-electron chi connectivity index (χ3n) is 4.58. The predicted octanol–water partition coefficient (Wildman–Crippen LogP) is 5.18. The number of hydrogen-bond donors (Lipinski definition) is 1. The maximum Gasteiger partial charge on any atom is 0.135 e. The average molecular weight is 357 g/mol. The summed E-state index contributed by atoms with van der Waals surface area (Å²) in [6.45, 7) is 9.38. The van der Waals surface area contributed by atoms with E-state index in [1.165, 1.54) is 5.56 Å². The summed E-state index contributed by atoms with van der Waals surface area (Å²) in [6.07, 6.45) is 0. The minimum absolute atomic E-state index is 0.724. The Bertz CT molecular complexity index is 791. The van der Waals surface area contributed by atoms with Crippen LogP contribution in [0.1, 0.15) is 19.4 Å². The Labute approximate surface area is 154 Å². The summed E-state index contributed by atoms with van der Waals surface area (Å²) in [5, 5.41) is 5.37. The molecule has 0 amide bonds. The van der Waals surface area contributed by atoms with Gasteiger partial charge in [0.25, 0.3) is 0 Å². The zero-order valence-electron chi connectivity index (χ0n) is 14.9. The summed E-state index contributed by atoms with van der Waals surface area (Å²) in [5.41, 5.74) is 3.15. The Morgan fingerprint density at radius 1 is 1.04 bits per heavy atom. The Balaban J connectivity index is 1.76. The van der Waals surface area contributed by atoms with Crippen molar-refractivity contribution in [3.63, 3.8) is 0 Å². The highest BCUT2D eigenvalue weighted by atomic mass is 35.5. The molecule has 25 heavy (non-hydrogen) atoms. The van der Waals surface area contributed by atoms with Crippen LogP contribution in [-0.4, -0.2) is 31.1 Å². The van der Waals surface area contributed by atoms with Crippen LogP contribution < -0.4 is 5.32 Å². The van der Waals surface area contributed by atoms with Gasteiger partial charge in [-0.3, -0.25) is 0 Å². The fraction of sp³-hybridized carbons (Fsp3) is 0.333. The normalized spacial score (nSPS) is 11.5. The zero-order valence-corrected chi connectivity index (χ0v) is 15.6. The van der Waals surface area contributed by atoms with Crippen molar-refractivity contribution in [2.24, 2.45) is 0 Å². The average Bonchev–Trinajstić information content (AvgIpc) is 3.07. The molecule has 0 bridgehead atoms. The van der Waals surface area contributed by atoms with Gasteiger partial charge in [0.2, 0.25) is 0 Å². The minimum Gasteiger partial charge on any atom is -0.456 e. The minimum atomic E-state index is 0.724. The molecule has 0 fully saturated rings. The van der Waals surface area contributed by atoms with Gasteiger partial charge >= 0.3 is 0 Å². The topological polar surface area (TPSA) is 28.4 Å². The van der Waals surface area contributed by atoms with E-state index in [0.717, 1.165) is 60.0 Å². The molecule has 3 nitrogen and oxygen atoms in total. The molecular formula is C21H25ClN2O.